The highest BCUT2D eigenvalue weighted by molar-refractivity contribution is 6.15. The first-order valence-corrected chi connectivity index (χ1v) is 10.2. The van der Waals surface area contributed by atoms with E-state index >= 15 is 0 Å². The van der Waals surface area contributed by atoms with E-state index in [4.69, 9.17) is 9.47 Å². The van der Waals surface area contributed by atoms with Crippen LogP contribution in [0.15, 0.2) is 36.4 Å². The normalized spacial score (nSPS) is 9.03. The van der Waals surface area contributed by atoms with Gasteiger partial charge < -0.3 is 14.2 Å². The van der Waals surface area contributed by atoms with E-state index in [9.17, 15) is 14.4 Å². The van der Waals surface area contributed by atoms with Crippen LogP contribution in [-0.2, 0) is 19.0 Å². The minimum Gasteiger partial charge on any atom is -0.466 e. The first-order chi connectivity index (χ1) is 13.9. The fraction of sp³-hybridized carbons (Fsp3) is 0.500. The molecule has 0 heterocycles. The van der Waals surface area contributed by atoms with E-state index in [0.717, 1.165) is 25.7 Å². The molecule has 0 saturated carbocycles. The van der Waals surface area contributed by atoms with Crippen molar-refractivity contribution >= 4 is 29.5 Å². The molecule has 0 aliphatic heterocycles. The van der Waals surface area contributed by atoms with Crippen molar-refractivity contribution in [3.8, 4) is 0 Å². The maximum atomic E-state index is 11.9. The van der Waals surface area contributed by atoms with Crippen molar-refractivity contribution in [3.63, 3.8) is 0 Å². The van der Waals surface area contributed by atoms with E-state index in [2.05, 4.69) is 22.9 Å². The number of carbonyl (C=O) groups excluding carboxylic acids is 3. The predicted molar refractivity (Wildman–Crippen MR) is 115 cm³/mol. The van der Waals surface area contributed by atoms with Crippen LogP contribution in [0.25, 0.3) is 0 Å². The Morgan fingerprint density at radius 3 is 1.52 bits per heavy atom. The van der Waals surface area contributed by atoms with E-state index in [1.165, 1.54) is 13.5 Å². The van der Waals surface area contributed by atoms with Crippen LogP contribution in [0.1, 0.15) is 67.2 Å². The van der Waals surface area contributed by atoms with E-state index in [-0.39, 0.29) is 17.1 Å². The Bertz CT molecular complexity index is 586. The fourth-order valence-corrected chi connectivity index (χ4v) is 1.79. The first kappa shape index (κ1) is 28.9. The lowest BCUT2D eigenvalue weighted by Crippen LogP contribution is -2.14. The van der Waals surface area contributed by atoms with Gasteiger partial charge in [0.15, 0.2) is 0 Å². The van der Waals surface area contributed by atoms with Crippen LogP contribution in [0.4, 0.5) is 0 Å². The molecule has 6 nitrogen and oxygen atoms in total. The molecule has 7 heteroatoms. The van der Waals surface area contributed by atoms with Gasteiger partial charge in [0.05, 0.1) is 31.5 Å². The number of alkyl halides is 1. The lowest BCUT2D eigenvalue weighted by Gasteiger charge is -2.09. The lowest BCUT2D eigenvalue weighted by molar-refractivity contribution is -0.136. The van der Waals surface area contributed by atoms with Gasteiger partial charge >= 0.3 is 17.9 Å². The van der Waals surface area contributed by atoms with Gasteiger partial charge in [0.2, 0.25) is 0 Å². The molecule has 0 aromatic heterocycles. The minimum absolute atomic E-state index is 0.269. The molecule has 0 aliphatic rings. The Labute approximate surface area is 179 Å². The van der Waals surface area contributed by atoms with Crippen molar-refractivity contribution in [1.29, 1.82) is 0 Å². The average Bonchev–Trinajstić information content (AvgIpc) is 2.75. The number of benzene rings is 1. The number of methoxy groups -OCH3 is 1. The van der Waals surface area contributed by atoms with Crippen molar-refractivity contribution in [3.05, 3.63) is 47.5 Å². The zero-order chi connectivity index (χ0) is 22.7. The third kappa shape index (κ3) is 13.5. The highest BCUT2D eigenvalue weighted by Gasteiger charge is 2.18. The Balaban J connectivity index is 0. The summed E-state index contributed by atoms with van der Waals surface area (Å²) in [4.78, 5) is 34.1. The summed E-state index contributed by atoms with van der Waals surface area (Å²) >= 11 is 4.64. The van der Waals surface area contributed by atoms with Crippen LogP contribution >= 0.6 is 11.6 Å². The zero-order valence-electron chi connectivity index (χ0n) is 18.1. The molecule has 29 heavy (non-hydrogen) atoms. The fourth-order valence-electron chi connectivity index (χ4n) is 1.79. The number of unbranched alkanes of at least 4 members (excludes halogenated alkanes) is 2. The highest BCUT2D eigenvalue weighted by Crippen LogP contribution is 2.12. The highest BCUT2D eigenvalue weighted by atomic mass is 35.5. The molecule has 0 unspecified atom stereocenters. The van der Waals surface area contributed by atoms with Crippen molar-refractivity contribution in [2.75, 3.05) is 26.7 Å². The van der Waals surface area contributed by atoms with Gasteiger partial charge in [-0.2, -0.15) is 0 Å². The molecular formula is C22H33ClO6. The van der Waals surface area contributed by atoms with Crippen LogP contribution in [0, 0.1) is 0 Å². The summed E-state index contributed by atoms with van der Waals surface area (Å²) in [5.41, 5.74) is 0.970. The summed E-state index contributed by atoms with van der Waals surface area (Å²) in [6.07, 6.45) is 5.01. The SMILES string of the molecule is C=C(C)C(=O)OC.CCCCOC(=O)c1ccccc1C(=O)OCCCC.CCl. The summed E-state index contributed by atoms with van der Waals surface area (Å²) in [6, 6.07) is 6.59. The number of hydrogen-bond acceptors (Lipinski definition) is 6. The quantitative estimate of drug-likeness (QED) is 0.177. The van der Waals surface area contributed by atoms with E-state index in [1.54, 1.807) is 31.2 Å². The third-order valence-electron chi connectivity index (χ3n) is 3.36. The molecular weight excluding hydrogens is 396 g/mol. The molecule has 0 amide bonds. The molecule has 1 rings (SSSR count). The molecule has 0 fully saturated rings. The Morgan fingerprint density at radius 2 is 1.28 bits per heavy atom. The van der Waals surface area contributed by atoms with Gasteiger partial charge in [0, 0.05) is 12.0 Å². The minimum atomic E-state index is -0.471. The maximum absolute atomic E-state index is 11.9. The smallest absolute Gasteiger partial charge is 0.339 e. The molecule has 0 atom stereocenters. The number of rotatable bonds is 9. The van der Waals surface area contributed by atoms with E-state index in [1.807, 2.05) is 13.8 Å². The second-order valence-corrected chi connectivity index (χ2v) is 5.80. The maximum Gasteiger partial charge on any atom is 0.339 e. The topological polar surface area (TPSA) is 78.9 Å². The molecule has 1 aromatic rings. The second-order valence-electron chi connectivity index (χ2n) is 5.80. The van der Waals surface area contributed by atoms with E-state index < -0.39 is 11.9 Å². The lowest BCUT2D eigenvalue weighted by atomic mass is 10.1. The zero-order valence-corrected chi connectivity index (χ0v) is 18.8. The Hall–Kier alpha value is -2.34. The molecule has 0 radical (unpaired) electrons. The van der Waals surface area contributed by atoms with Gasteiger partial charge in [-0.25, -0.2) is 14.4 Å². The molecule has 0 saturated heterocycles. The standard InChI is InChI=1S/C16H22O4.C5H8O2.CH3Cl/c1-3-5-11-19-15(17)13-9-7-8-10-14(13)16(18)20-12-6-4-2;1-4(2)5(6)7-3;1-2/h7-10H,3-6,11-12H2,1-2H3;1H2,2-3H3;1H3. The number of esters is 3. The van der Waals surface area contributed by atoms with Crippen LogP contribution in [-0.4, -0.2) is 44.6 Å². The molecule has 0 spiro atoms. The molecule has 0 bridgehead atoms. The van der Waals surface area contributed by atoms with Crippen LogP contribution in [0.5, 0.6) is 0 Å². The van der Waals surface area contributed by atoms with Crippen molar-refractivity contribution in [2.24, 2.45) is 0 Å². The Kier molecular flexibility index (Phi) is 18.9. The van der Waals surface area contributed by atoms with Gasteiger partial charge in [0.25, 0.3) is 0 Å². The first-order valence-electron chi connectivity index (χ1n) is 9.43. The predicted octanol–water partition coefficient (Wildman–Crippen LogP) is 5.19. The largest absolute Gasteiger partial charge is 0.466 e. The van der Waals surface area contributed by atoms with Crippen molar-refractivity contribution in [2.45, 2.75) is 46.5 Å². The van der Waals surface area contributed by atoms with Gasteiger partial charge in [-0.3, -0.25) is 0 Å². The number of hydrogen-bond donors (Lipinski definition) is 0. The van der Waals surface area contributed by atoms with Gasteiger partial charge in [0.1, 0.15) is 0 Å². The summed E-state index contributed by atoms with van der Waals surface area (Å²) in [5.74, 6) is -1.29. The summed E-state index contributed by atoms with van der Waals surface area (Å²) in [7, 11) is 1.33. The second kappa shape index (κ2) is 19.0. The Morgan fingerprint density at radius 1 is 0.897 bits per heavy atom. The number of ether oxygens (including phenoxy) is 3. The van der Waals surface area contributed by atoms with Crippen LogP contribution < -0.4 is 0 Å². The van der Waals surface area contributed by atoms with Gasteiger partial charge in [-0.15, -0.1) is 11.6 Å². The molecule has 1 aromatic carbocycles. The molecule has 164 valence electrons. The summed E-state index contributed by atoms with van der Waals surface area (Å²) < 4.78 is 14.5. The monoisotopic (exact) mass is 428 g/mol. The van der Waals surface area contributed by atoms with Crippen molar-refractivity contribution < 1.29 is 28.6 Å². The van der Waals surface area contributed by atoms with Crippen molar-refractivity contribution in [1.82, 2.24) is 0 Å². The number of carbonyl (C=O) groups is 3. The average molecular weight is 429 g/mol. The summed E-state index contributed by atoms with van der Waals surface area (Å²) in [5, 5.41) is 0. The number of halogens is 1. The van der Waals surface area contributed by atoms with E-state index in [0.29, 0.717) is 18.8 Å². The van der Waals surface area contributed by atoms with Gasteiger partial charge in [-0.05, 0) is 31.9 Å². The van der Waals surface area contributed by atoms with Crippen LogP contribution in [0.2, 0.25) is 0 Å². The third-order valence-corrected chi connectivity index (χ3v) is 3.36. The molecule has 0 aliphatic carbocycles. The van der Waals surface area contributed by atoms with Gasteiger partial charge in [-0.1, -0.05) is 45.4 Å². The van der Waals surface area contributed by atoms with Crippen LogP contribution in [0.3, 0.4) is 0 Å². The molecule has 0 N–H and O–H groups in total. The summed E-state index contributed by atoms with van der Waals surface area (Å²) in [6.45, 7) is 9.73.